The molecule has 72 valence electrons. The maximum absolute atomic E-state index is 11.1. The molecule has 0 aliphatic heterocycles. The van der Waals surface area contributed by atoms with Gasteiger partial charge in [-0.25, -0.2) is 0 Å². The van der Waals surface area contributed by atoms with Gasteiger partial charge < -0.3 is 4.74 Å². The summed E-state index contributed by atoms with van der Waals surface area (Å²) in [4.78, 5) is 11.1. The second-order valence-corrected chi connectivity index (χ2v) is 3.07. The highest BCUT2D eigenvalue weighted by Gasteiger charge is 2.27. The van der Waals surface area contributed by atoms with Crippen LogP contribution in [0.4, 0.5) is 0 Å². The number of carbonyl (C=O) groups is 1. The Morgan fingerprint density at radius 3 is 1.75 bits per heavy atom. The fraction of sp³-hybridized carbons (Fsp3) is 0.900. The van der Waals surface area contributed by atoms with Crippen LogP contribution >= 0.6 is 0 Å². The van der Waals surface area contributed by atoms with Crippen LogP contribution in [0.25, 0.3) is 0 Å². The normalized spacial score (nSPS) is 11.3. The van der Waals surface area contributed by atoms with E-state index in [1.807, 2.05) is 6.92 Å². The molecule has 0 saturated carbocycles. The SMILES string of the molecule is CCC(=O)OC(CC)(CC)CC. The molecule has 0 aromatic carbocycles. The summed E-state index contributed by atoms with van der Waals surface area (Å²) in [7, 11) is 0. The van der Waals surface area contributed by atoms with Crippen LogP contribution in [0.5, 0.6) is 0 Å². The first-order valence-electron chi connectivity index (χ1n) is 4.86. The van der Waals surface area contributed by atoms with E-state index in [1.165, 1.54) is 0 Å². The Bertz CT molecular complexity index is 129. The van der Waals surface area contributed by atoms with E-state index >= 15 is 0 Å². The first kappa shape index (κ1) is 11.5. The summed E-state index contributed by atoms with van der Waals surface area (Å²) in [6, 6.07) is 0. The molecule has 0 aromatic rings. The zero-order valence-electron chi connectivity index (χ0n) is 8.64. The molecule has 0 heterocycles. The summed E-state index contributed by atoms with van der Waals surface area (Å²) < 4.78 is 5.40. The predicted molar refractivity (Wildman–Crippen MR) is 50.0 cm³/mol. The molecule has 0 unspecified atom stereocenters. The van der Waals surface area contributed by atoms with Gasteiger partial charge in [0.15, 0.2) is 0 Å². The lowest BCUT2D eigenvalue weighted by Crippen LogP contribution is -2.32. The highest BCUT2D eigenvalue weighted by Crippen LogP contribution is 2.24. The van der Waals surface area contributed by atoms with Gasteiger partial charge in [-0.3, -0.25) is 4.79 Å². The number of carbonyl (C=O) groups excluding carboxylic acids is 1. The Hall–Kier alpha value is -0.530. The molecule has 0 aliphatic carbocycles. The maximum atomic E-state index is 11.1. The molecule has 0 radical (unpaired) electrons. The zero-order valence-corrected chi connectivity index (χ0v) is 8.64. The minimum absolute atomic E-state index is 0.0828. The lowest BCUT2D eigenvalue weighted by Gasteiger charge is -2.30. The van der Waals surface area contributed by atoms with Crippen molar-refractivity contribution >= 4 is 5.97 Å². The lowest BCUT2D eigenvalue weighted by molar-refractivity contribution is -0.160. The molecule has 12 heavy (non-hydrogen) atoms. The largest absolute Gasteiger partial charge is 0.459 e. The average Bonchev–Trinajstić information content (AvgIpc) is 2.14. The van der Waals surface area contributed by atoms with Gasteiger partial charge in [0.05, 0.1) is 0 Å². The van der Waals surface area contributed by atoms with Crippen LogP contribution in [-0.2, 0) is 9.53 Å². The van der Waals surface area contributed by atoms with E-state index in [1.54, 1.807) is 0 Å². The fourth-order valence-electron chi connectivity index (χ4n) is 1.28. The summed E-state index contributed by atoms with van der Waals surface area (Å²) in [5, 5.41) is 0. The van der Waals surface area contributed by atoms with Gasteiger partial charge in [-0.15, -0.1) is 0 Å². The molecule has 0 aliphatic rings. The van der Waals surface area contributed by atoms with Crippen LogP contribution in [0.1, 0.15) is 53.4 Å². The van der Waals surface area contributed by atoms with Gasteiger partial charge in [0.2, 0.25) is 0 Å². The van der Waals surface area contributed by atoms with Crippen molar-refractivity contribution < 1.29 is 9.53 Å². The van der Waals surface area contributed by atoms with Gasteiger partial charge >= 0.3 is 5.97 Å². The van der Waals surface area contributed by atoms with Gasteiger partial charge in [-0.1, -0.05) is 27.7 Å². The third kappa shape index (κ3) is 2.84. The molecule has 0 aromatic heterocycles. The van der Waals surface area contributed by atoms with Gasteiger partial charge in [-0.05, 0) is 19.3 Å². The Morgan fingerprint density at radius 2 is 1.50 bits per heavy atom. The fourth-order valence-corrected chi connectivity index (χ4v) is 1.28. The molecule has 0 amide bonds. The van der Waals surface area contributed by atoms with E-state index in [0.717, 1.165) is 19.3 Å². The molecule has 0 atom stereocenters. The van der Waals surface area contributed by atoms with E-state index in [9.17, 15) is 4.79 Å². The molecule has 2 heteroatoms. The first-order valence-corrected chi connectivity index (χ1v) is 4.86. The summed E-state index contributed by atoms with van der Waals surface area (Å²) in [5.41, 5.74) is -0.201. The average molecular weight is 172 g/mol. The third-order valence-electron chi connectivity index (χ3n) is 2.55. The monoisotopic (exact) mass is 172 g/mol. The van der Waals surface area contributed by atoms with E-state index in [-0.39, 0.29) is 11.6 Å². The van der Waals surface area contributed by atoms with E-state index in [4.69, 9.17) is 4.74 Å². The molecule has 0 spiro atoms. The number of rotatable bonds is 5. The molecular weight excluding hydrogens is 152 g/mol. The van der Waals surface area contributed by atoms with Crippen LogP contribution in [0, 0.1) is 0 Å². The van der Waals surface area contributed by atoms with Crippen molar-refractivity contribution in [2.24, 2.45) is 0 Å². The van der Waals surface area contributed by atoms with Crippen molar-refractivity contribution in [3.8, 4) is 0 Å². The molecule has 0 fully saturated rings. The molecular formula is C10H20O2. The maximum Gasteiger partial charge on any atom is 0.306 e. The predicted octanol–water partition coefficient (Wildman–Crippen LogP) is 2.91. The highest BCUT2D eigenvalue weighted by molar-refractivity contribution is 5.69. The second kappa shape index (κ2) is 5.18. The highest BCUT2D eigenvalue weighted by atomic mass is 16.6. The topological polar surface area (TPSA) is 26.3 Å². The number of esters is 1. The first-order chi connectivity index (χ1) is 5.64. The number of hydrogen-bond acceptors (Lipinski definition) is 2. The Labute approximate surface area is 75.3 Å². The van der Waals surface area contributed by atoms with Crippen molar-refractivity contribution in [2.45, 2.75) is 59.0 Å². The van der Waals surface area contributed by atoms with Crippen molar-refractivity contribution in [1.82, 2.24) is 0 Å². The summed E-state index contributed by atoms with van der Waals surface area (Å²) >= 11 is 0. The minimum atomic E-state index is -0.201. The van der Waals surface area contributed by atoms with Crippen molar-refractivity contribution in [3.05, 3.63) is 0 Å². The smallest absolute Gasteiger partial charge is 0.306 e. The summed E-state index contributed by atoms with van der Waals surface area (Å²) in [5.74, 6) is -0.0828. The van der Waals surface area contributed by atoms with Crippen molar-refractivity contribution in [2.75, 3.05) is 0 Å². The standard InChI is InChI=1S/C10H20O2/c1-5-9(11)12-10(6-2,7-3)8-4/h5-8H2,1-4H3. The molecule has 0 saturated heterocycles. The molecule has 0 rings (SSSR count). The van der Waals surface area contributed by atoms with Crippen molar-refractivity contribution in [1.29, 1.82) is 0 Å². The minimum Gasteiger partial charge on any atom is -0.459 e. The van der Waals surface area contributed by atoms with Crippen LogP contribution in [0.2, 0.25) is 0 Å². The van der Waals surface area contributed by atoms with Crippen molar-refractivity contribution in [3.63, 3.8) is 0 Å². The van der Waals surface area contributed by atoms with Crippen LogP contribution in [0.15, 0.2) is 0 Å². The summed E-state index contributed by atoms with van der Waals surface area (Å²) in [6.45, 7) is 8.02. The van der Waals surface area contributed by atoms with Gasteiger partial charge in [-0.2, -0.15) is 0 Å². The van der Waals surface area contributed by atoms with E-state index in [2.05, 4.69) is 20.8 Å². The van der Waals surface area contributed by atoms with Crippen LogP contribution in [-0.4, -0.2) is 11.6 Å². The second-order valence-electron chi connectivity index (χ2n) is 3.07. The number of hydrogen-bond donors (Lipinski definition) is 0. The molecule has 0 N–H and O–H groups in total. The Kier molecular flexibility index (Phi) is 4.95. The van der Waals surface area contributed by atoms with Crippen LogP contribution in [0.3, 0.4) is 0 Å². The number of ether oxygens (including phenoxy) is 1. The van der Waals surface area contributed by atoms with Gasteiger partial charge in [0, 0.05) is 6.42 Å². The van der Waals surface area contributed by atoms with E-state index < -0.39 is 0 Å². The quantitative estimate of drug-likeness (QED) is 0.596. The van der Waals surface area contributed by atoms with Gasteiger partial charge in [0.1, 0.15) is 5.60 Å². The summed E-state index contributed by atoms with van der Waals surface area (Å²) in [6.07, 6.45) is 3.20. The molecule has 0 bridgehead atoms. The lowest BCUT2D eigenvalue weighted by atomic mass is 9.94. The molecule has 2 nitrogen and oxygen atoms in total. The zero-order chi connectivity index (χ0) is 9.61. The van der Waals surface area contributed by atoms with Gasteiger partial charge in [0.25, 0.3) is 0 Å². The van der Waals surface area contributed by atoms with Crippen LogP contribution < -0.4 is 0 Å². The Balaban J connectivity index is 4.19. The third-order valence-corrected chi connectivity index (χ3v) is 2.55. The Morgan fingerprint density at radius 1 is 1.08 bits per heavy atom. The van der Waals surface area contributed by atoms with E-state index in [0.29, 0.717) is 6.42 Å².